The molecule has 4 atom stereocenters. The molecule has 3 fully saturated rings. The summed E-state index contributed by atoms with van der Waals surface area (Å²) in [6, 6.07) is 14.0. The van der Waals surface area contributed by atoms with Crippen LogP contribution >= 0.6 is 0 Å². The van der Waals surface area contributed by atoms with Gasteiger partial charge < -0.3 is 9.47 Å². The minimum absolute atomic E-state index is 0.613. The Morgan fingerprint density at radius 1 is 1.03 bits per heavy atom. The predicted molar refractivity (Wildman–Crippen MR) is 122 cm³/mol. The van der Waals surface area contributed by atoms with Crippen molar-refractivity contribution in [1.82, 2.24) is 14.8 Å². The van der Waals surface area contributed by atoms with E-state index in [0.29, 0.717) is 12.0 Å². The van der Waals surface area contributed by atoms with Gasteiger partial charge in [-0.15, -0.1) is 0 Å². The summed E-state index contributed by atoms with van der Waals surface area (Å²) in [6.45, 7) is 4.48. The quantitative estimate of drug-likeness (QED) is 0.704. The summed E-state index contributed by atoms with van der Waals surface area (Å²) in [5.74, 6) is 3.35. The van der Waals surface area contributed by atoms with Crippen molar-refractivity contribution in [2.24, 2.45) is 11.8 Å². The molecular weight excluding hydrogens is 386 g/mol. The van der Waals surface area contributed by atoms with Crippen LogP contribution < -0.4 is 9.47 Å². The second-order valence-corrected chi connectivity index (χ2v) is 9.53. The van der Waals surface area contributed by atoms with Crippen molar-refractivity contribution in [3.63, 3.8) is 0 Å². The summed E-state index contributed by atoms with van der Waals surface area (Å²) in [6.07, 6.45) is 8.45. The highest BCUT2D eigenvalue weighted by Crippen LogP contribution is 2.42. The number of rotatable bonds is 6. The van der Waals surface area contributed by atoms with Gasteiger partial charge in [-0.2, -0.15) is 0 Å². The molecule has 0 N–H and O–H groups in total. The van der Waals surface area contributed by atoms with Gasteiger partial charge in [-0.25, -0.2) is 0 Å². The fraction of sp³-hybridized carbons (Fsp3) is 0.577. The molecule has 31 heavy (non-hydrogen) atoms. The Kier molecular flexibility index (Phi) is 6.15. The molecule has 4 heterocycles. The number of aromatic nitrogens is 1. The fourth-order valence-electron chi connectivity index (χ4n) is 6.40. The largest absolute Gasteiger partial charge is 0.497 e. The molecule has 0 radical (unpaired) electrons. The van der Waals surface area contributed by atoms with Gasteiger partial charge in [-0.3, -0.25) is 14.8 Å². The zero-order valence-electron chi connectivity index (χ0n) is 18.9. The lowest BCUT2D eigenvalue weighted by molar-refractivity contribution is -0.0732. The maximum Gasteiger partial charge on any atom is 0.141 e. The smallest absolute Gasteiger partial charge is 0.141 e. The maximum absolute atomic E-state index is 5.58. The van der Waals surface area contributed by atoms with E-state index in [1.54, 1.807) is 14.2 Å². The second-order valence-electron chi connectivity index (χ2n) is 9.53. The van der Waals surface area contributed by atoms with Gasteiger partial charge in [-0.05, 0) is 73.9 Å². The molecule has 2 aromatic rings. The Morgan fingerprint density at radius 3 is 2.81 bits per heavy atom. The summed E-state index contributed by atoms with van der Waals surface area (Å²) in [5.41, 5.74) is 2.46. The van der Waals surface area contributed by atoms with E-state index in [2.05, 4.69) is 33.0 Å². The number of benzene rings is 1. The summed E-state index contributed by atoms with van der Waals surface area (Å²) in [7, 11) is 3.51. The van der Waals surface area contributed by atoms with Crippen molar-refractivity contribution in [3.05, 3.63) is 53.9 Å². The lowest BCUT2D eigenvalue weighted by Gasteiger charge is -2.57. The molecule has 5 nitrogen and oxygen atoms in total. The van der Waals surface area contributed by atoms with Crippen molar-refractivity contribution in [2.45, 2.75) is 50.7 Å². The highest BCUT2D eigenvalue weighted by Gasteiger charge is 2.47. The van der Waals surface area contributed by atoms with Crippen LogP contribution in [-0.4, -0.2) is 60.7 Å². The average molecular weight is 422 g/mol. The Labute approximate surface area is 186 Å². The number of pyridine rings is 1. The van der Waals surface area contributed by atoms with Crippen molar-refractivity contribution in [3.8, 4) is 11.5 Å². The topological polar surface area (TPSA) is 37.8 Å². The van der Waals surface area contributed by atoms with Gasteiger partial charge in [-0.1, -0.05) is 18.6 Å². The van der Waals surface area contributed by atoms with E-state index in [0.717, 1.165) is 48.7 Å². The molecule has 0 amide bonds. The first-order valence-electron chi connectivity index (χ1n) is 11.8. The van der Waals surface area contributed by atoms with Gasteiger partial charge in [0.15, 0.2) is 0 Å². The van der Waals surface area contributed by atoms with Crippen LogP contribution in [0.3, 0.4) is 0 Å². The Morgan fingerprint density at radius 2 is 1.94 bits per heavy atom. The van der Waals surface area contributed by atoms with E-state index >= 15 is 0 Å². The first-order chi connectivity index (χ1) is 15.2. The maximum atomic E-state index is 5.58. The first-order valence-corrected chi connectivity index (χ1v) is 11.8. The SMILES string of the molecule is COc1cccc(C[C@H]2[C@H]3C[C@H](CN(Cc4ncccc4OC)C3)[C@@H]3CCCCN32)c1. The van der Waals surface area contributed by atoms with Crippen LogP contribution in [0, 0.1) is 11.8 Å². The molecule has 2 bridgehead atoms. The monoisotopic (exact) mass is 421 g/mol. The number of methoxy groups -OCH3 is 2. The van der Waals surface area contributed by atoms with Crippen LogP contribution in [-0.2, 0) is 13.0 Å². The van der Waals surface area contributed by atoms with Crippen molar-refractivity contribution in [2.75, 3.05) is 33.9 Å². The number of hydrogen-bond acceptors (Lipinski definition) is 5. The van der Waals surface area contributed by atoms with Crippen LogP contribution in [0.2, 0.25) is 0 Å². The molecule has 0 saturated carbocycles. The van der Waals surface area contributed by atoms with E-state index < -0.39 is 0 Å². The fourth-order valence-corrected chi connectivity index (χ4v) is 6.40. The average Bonchev–Trinajstić information content (AvgIpc) is 2.82. The normalized spacial score (nSPS) is 28.7. The van der Waals surface area contributed by atoms with E-state index in [1.165, 1.54) is 44.3 Å². The van der Waals surface area contributed by atoms with Crippen LogP contribution in [0.5, 0.6) is 11.5 Å². The van der Waals surface area contributed by atoms with Crippen LogP contribution in [0.4, 0.5) is 0 Å². The van der Waals surface area contributed by atoms with Gasteiger partial charge in [0, 0.05) is 37.9 Å². The number of fused-ring (bicyclic) bond motifs is 4. The lowest BCUT2D eigenvalue weighted by Crippen LogP contribution is -2.63. The molecule has 1 aromatic heterocycles. The third-order valence-electron chi connectivity index (χ3n) is 7.72. The first kappa shape index (κ1) is 20.8. The molecule has 3 aliphatic heterocycles. The number of hydrogen-bond donors (Lipinski definition) is 0. The van der Waals surface area contributed by atoms with E-state index in [-0.39, 0.29) is 0 Å². The van der Waals surface area contributed by atoms with E-state index in [4.69, 9.17) is 9.47 Å². The van der Waals surface area contributed by atoms with Crippen LogP contribution in [0.15, 0.2) is 42.6 Å². The van der Waals surface area contributed by atoms with Crippen molar-refractivity contribution >= 4 is 0 Å². The zero-order chi connectivity index (χ0) is 21.2. The van der Waals surface area contributed by atoms with E-state index in [1.807, 2.05) is 24.4 Å². The standard InChI is InChI=1S/C26H35N3O2/c1-30-22-8-5-7-19(13-22)14-25-21-15-20(24-9-3-4-12-29(24)25)16-28(17-21)18-23-26(31-2)10-6-11-27-23/h5-8,10-11,13,20-21,24-25H,3-4,9,12,14-18H2,1-2H3/t20-,21+,24+,25+/m1/s1. The summed E-state index contributed by atoms with van der Waals surface area (Å²) >= 11 is 0. The summed E-state index contributed by atoms with van der Waals surface area (Å²) < 4.78 is 11.1. The highest BCUT2D eigenvalue weighted by molar-refractivity contribution is 5.29. The van der Waals surface area contributed by atoms with Gasteiger partial charge in [0.05, 0.1) is 19.9 Å². The van der Waals surface area contributed by atoms with Gasteiger partial charge in [0.1, 0.15) is 11.5 Å². The summed E-state index contributed by atoms with van der Waals surface area (Å²) in [5, 5.41) is 0. The molecule has 3 saturated heterocycles. The van der Waals surface area contributed by atoms with E-state index in [9.17, 15) is 0 Å². The Bertz CT molecular complexity index is 888. The Hall–Kier alpha value is -2.11. The predicted octanol–water partition coefficient (Wildman–Crippen LogP) is 4.02. The number of likely N-dealkylation sites (tertiary alicyclic amines) is 1. The molecule has 0 unspecified atom stereocenters. The number of piperidine rings is 3. The Balaban J connectivity index is 1.38. The molecule has 0 spiro atoms. The van der Waals surface area contributed by atoms with Gasteiger partial charge in [0.2, 0.25) is 0 Å². The lowest BCUT2D eigenvalue weighted by atomic mass is 9.71. The van der Waals surface area contributed by atoms with Crippen LogP contribution in [0.1, 0.15) is 36.9 Å². The number of nitrogens with zero attached hydrogens (tertiary/aromatic N) is 3. The third-order valence-corrected chi connectivity index (χ3v) is 7.72. The van der Waals surface area contributed by atoms with Gasteiger partial charge in [0.25, 0.3) is 0 Å². The molecule has 1 aromatic carbocycles. The molecule has 5 rings (SSSR count). The minimum Gasteiger partial charge on any atom is -0.497 e. The van der Waals surface area contributed by atoms with Gasteiger partial charge >= 0.3 is 0 Å². The molecule has 166 valence electrons. The highest BCUT2D eigenvalue weighted by atomic mass is 16.5. The van der Waals surface area contributed by atoms with Crippen molar-refractivity contribution in [1.29, 1.82) is 0 Å². The van der Waals surface area contributed by atoms with Crippen molar-refractivity contribution < 1.29 is 9.47 Å². The second kappa shape index (κ2) is 9.17. The van der Waals surface area contributed by atoms with Crippen LogP contribution in [0.25, 0.3) is 0 Å². The summed E-state index contributed by atoms with van der Waals surface area (Å²) in [4.78, 5) is 10.2. The third kappa shape index (κ3) is 4.31. The zero-order valence-corrected chi connectivity index (χ0v) is 18.9. The number of ether oxygens (including phenoxy) is 2. The molecule has 5 heteroatoms. The molecule has 0 aliphatic carbocycles. The molecule has 3 aliphatic rings. The minimum atomic E-state index is 0.613. The molecular formula is C26H35N3O2.